The molecule has 106 valence electrons. The van der Waals surface area contributed by atoms with E-state index in [4.69, 9.17) is 5.11 Å². The van der Waals surface area contributed by atoms with Crippen molar-refractivity contribution >= 4 is 10.0 Å². The first kappa shape index (κ1) is 14.5. The van der Waals surface area contributed by atoms with Crippen LogP contribution in [0.15, 0.2) is 24.3 Å². The Hall–Kier alpha value is -0.910. The van der Waals surface area contributed by atoms with Crippen LogP contribution in [0.4, 0.5) is 0 Å². The highest BCUT2D eigenvalue weighted by molar-refractivity contribution is 7.90. The second kappa shape index (κ2) is 6.50. The summed E-state index contributed by atoms with van der Waals surface area (Å²) in [5, 5.41) is 8.72. The molecule has 1 aliphatic rings. The predicted molar refractivity (Wildman–Crippen MR) is 75.0 cm³/mol. The Morgan fingerprint density at radius 3 is 2.21 bits per heavy atom. The molecule has 5 heteroatoms. The first-order chi connectivity index (χ1) is 9.12. The fourth-order valence-electron chi connectivity index (χ4n) is 2.44. The van der Waals surface area contributed by atoms with Crippen LogP contribution in [0.5, 0.6) is 0 Å². The quantitative estimate of drug-likeness (QED) is 0.867. The van der Waals surface area contributed by atoms with Crippen LogP contribution >= 0.6 is 0 Å². The standard InChI is InChI=1S/C14H21NO3S/c16-11-13-8-6-12(7-9-13)10-15-19(17,18)14-4-2-1-3-5-14/h6-9,14-16H,1-5,10-11H2. The van der Waals surface area contributed by atoms with Crippen LogP contribution in [-0.4, -0.2) is 18.8 Å². The van der Waals surface area contributed by atoms with Gasteiger partial charge in [-0.15, -0.1) is 0 Å². The maximum atomic E-state index is 12.1. The molecule has 2 N–H and O–H groups in total. The monoisotopic (exact) mass is 283 g/mol. The SMILES string of the molecule is O=S(=O)(NCc1ccc(CO)cc1)C1CCCCC1. The molecule has 0 saturated heterocycles. The summed E-state index contributed by atoms with van der Waals surface area (Å²) in [6.45, 7) is 0.332. The average molecular weight is 283 g/mol. The van der Waals surface area contributed by atoms with Gasteiger partial charge in [0.1, 0.15) is 0 Å². The molecule has 1 saturated carbocycles. The minimum Gasteiger partial charge on any atom is -0.392 e. The predicted octanol–water partition coefficient (Wildman–Crippen LogP) is 1.93. The molecule has 0 bridgehead atoms. The Kier molecular flexibility index (Phi) is 4.96. The van der Waals surface area contributed by atoms with Crippen molar-refractivity contribution in [3.63, 3.8) is 0 Å². The van der Waals surface area contributed by atoms with Crippen LogP contribution in [0, 0.1) is 0 Å². The Morgan fingerprint density at radius 2 is 1.63 bits per heavy atom. The molecule has 1 aliphatic carbocycles. The Bertz CT molecular complexity index is 490. The second-order valence-electron chi connectivity index (χ2n) is 5.10. The van der Waals surface area contributed by atoms with Crippen LogP contribution in [0.1, 0.15) is 43.2 Å². The van der Waals surface area contributed by atoms with Crippen LogP contribution in [0.2, 0.25) is 0 Å². The van der Waals surface area contributed by atoms with Gasteiger partial charge in [-0.3, -0.25) is 0 Å². The molecule has 2 rings (SSSR count). The third kappa shape index (κ3) is 4.03. The summed E-state index contributed by atoms with van der Waals surface area (Å²) in [5.74, 6) is 0. The lowest BCUT2D eigenvalue weighted by Gasteiger charge is -2.22. The highest BCUT2D eigenvalue weighted by Crippen LogP contribution is 2.23. The van der Waals surface area contributed by atoms with Crippen LogP contribution < -0.4 is 4.72 Å². The number of aliphatic hydroxyl groups is 1. The summed E-state index contributed by atoms with van der Waals surface area (Å²) in [4.78, 5) is 0. The maximum absolute atomic E-state index is 12.1. The molecule has 0 radical (unpaired) electrons. The first-order valence-corrected chi connectivity index (χ1v) is 8.33. The Morgan fingerprint density at radius 1 is 1.05 bits per heavy atom. The Balaban J connectivity index is 1.92. The molecule has 0 spiro atoms. The van der Waals surface area contributed by atoms with E-state index in [1.165, 1.54) is 0 Å². The lowest BCUT2D eigenvalue weighted by molar-refractivity contribution is 0.282. The lowest BCUT2D eigenvalue weighted by atomic mass is 10.0. The van der Waals surface area contributed by atoms with E-state index in [2.05, 4.69) is 4.72 Å². The van der Waals surface area contributed by atoms with Gasteiger partial charge in [0.15, 0.2) is 0 Å². The third-order valence-electron chi connectivity index (χ3n) is 3.67. The van der Waals surface area contributed by atoms with Crippen molar-refractivity contribution < 1.29 is 13.5 Å². The molecule has 4 nitrogen and oxygen atoms in total. The summed E-state index contributed by atoms with van der Waals surface area (Å²) in [6, 6.07) is 7.30. The molecule has 1 aromatic rings. The molecular weight excluding hydrogens is 262 g/mol. The van der Waals surface area contributed by atoms with Gasteiger partial charge in [0.25, 0.3) is 0 Å². The first-order valence-electron chi connectivity index (χ1n) is 6.79. The van der Waals surface area contributed by atoms with Gasteiger partial charge in [-0.1, -0.05) is 43.5 Å². The van der Waals surface area contributed by atoms with Gasteiger partial charge in [-0.25, -0.2) is 13.1 Å². The summed E-state index contributed by atoms with van der Waals surface area (Å²) in [5.41, 5.74) is 1.75. The van der Waals surface area contributed by atoms with Crippen molar-refractivity contribution in [1.29, 1.82) is 0 Å². The van der Waals surface area contributed by atoms with Crippen molar-refractivity contribution in [1.82, 2.24) is 4.72 Å². The van der Waals surface area contributed by atoms with E-state index in [-0.39, 0.29) is 11.9 Å². The average Bonchev–Trinajstić information content (AvgIpc) is 2.47. The molecule has 0 aromatic heterocycles. The van der Waals surface area contributed by atoms with E-state index in [0.717, 1.165) is 43.2 Å². The fourth-order valence-corrected chi connectivity index (χ4v) is 4.00. The van der Waals surface area contributed by atoms with Crippen molar-refractivity contribution in [2.75, 3.05) is 0 Å². The van der Waals surface area contributed by atoms with Gasteiger partial charge in [0, 0.05) is 6.54 Å². The number of nitrogens with one attached hydrogen (secondary N) is 1. The summed E-state index contributed by atoms with van der Waals surface area (Å²) < 4.78 is 27.0. The van der Waals surface area contributed by atoms with E-state index in [0.29, 0.717) is 6.54 Å². The molecule has 19 heavy (non-hydrogen) atoms. The topological polar surface area (TPSA) is 66.4 Å². The highest BCUT2D eigenvalue weighted by Gasteiger charge is 2.26. The van der Waals surface area contributed by atoms with Gasteiger partial charge in [-0.05, 0) is 24.0 Å². The van der Waals surface area contributed by atoms with Gasteiger partial charge < -0.3 is 5.11 Å². The van der Waals surface area contributed by atoms with E-state index < -0.39 is 10.0 Å². The molecule has 0 aliphatic heterocycles. The fraction of sp³-hybridized carbons (Fsp3) is 0.571. The minimum absolute atomic E-state index is 0.00802. The van der Waals surface area contributed by atoms with Crippen molar-refractivity contribution in [3.8, 4) is 0 Å². The van der Waals surface area contributed by atoms with E-state index >= 15 is 0 Å². The molecule has 0 atom stereocenters. The number of benzene rings is 1. The number of rotatable bonds is 5. The largest absolute Gasteiger partial charge is 0.392 e. The summed E-state index contributed by atoms with van der Waals surface area (Å²) in [6.07, 6.45) is 4.72. The van der Waals surface area contributed by atoms with Gasteiger partial charge in [-0.2, -0.15) is 0 Å². The van der Waals surface area contributed by atoms with Crippen LogP contribution in [0.25, 0.3) is 0 Å². The van der Waals surface area contributed by atoms with Gasteiger partial charge in [0.2, 0.25) is 10.0 Å². The molecular formula is C14H21NO3S. The van der Waals surface area contributed by atoms with Crippen molar-refractivity contribution in [2.24, 2.45) is 0 Å². The highest BCUT2D eigenvalue weighted by atomic mass is 32.2. The Labute approximate surface area is 114 Å². The van der Waals surface area contributed by atoms with E-state index in [1.54, 1.807) is 0 Å². The van der Waals surface area contributed by atoms with E-state index in [1.807, 2.05) is 24.3 Å². The minimum atomic E-state index is -3.20. The zero-order valence-electron chi connectivity index (χ0n) is 11.0. The lowest BCUT2D eigenvalue weighted by Crippen LogP contribution is -2.35. The molecule has 0 heterocycles. The van der Waals surface area contributed by atoms with Gasteiger partial charge >= 0.3 is 0 Å². The van der Waals surface area contributed by atoms with Gasteiger partial charge in [0.05, 0.1) is 11.9 Å². The van der Waals surface area contributed by atoms with Crippen molar-refractivity contribution in [3.05, 3.63) is 35.4 Å². The van der Waals surface area contributed by atoms with Crippen LogP contribution in [-0.2, 0) is 23.2 Å². The zero-order chi connectivity index (χ0) is 13.7. The molecule has 0 amide bonds. The summed E-state index contributed by atoms with van der Waals surface area (Å²) >= 11 is 0. The normalized spacial score (nSPS) is 17.5. The number of sulfonamides is 1. The number of hydrogen-bond acceptors (Lipinski definition) is 3. The third-order valence-corrected chi connectivity index (χ3v) is 5.57. The zero-order valence-corrected chi connectivity index (χ0v) is 11.8. The van der Waals surface area contributed by atoms with Crippen LogP contribution in [0.3, 0.4) is 0 Å². The molecule has 1 aromatic carbocycles. The van der Waals surface area contributed by atoms with E-state index in [9.17, 15) is 8.42 Å². The number of hydrogen-bond donors (Lipinski definition) is 2. The summed E-state index contributed by atoms with van der Waals surface area (Å²) in [7, 11) is -3.20. The van der Waals surface area contributed by atoms with Crippen molar-refractivity contribution in [2.45, 2.75) is 50.5 Å². The maximum Gasteiger partial charge on any atom is 0.214 e. The number of aliphatic hydroxyl groups excluding tert-OH is 1. The smallest absolute Gasteiger partial charge is 0.214 e. The second-order valence-corrected chi connectivity index (χ2v) is 7.15. The molecule has 0 unspecified atom stereocenters. The molecule has 1 fully saturated rings.